The van der Waals surface area contributed by atoms with Gasteiger partial charge in [0.05, 0.1) is 11.6 Å². The molecule has 2 heterocycles. The van der Waals surface area contributed by atoms with Crippen molar-refractivity contribution < 1.29 is 28.0 Å². The number of aromatic carboxylic acids is 1. The molecule has 0 unspecified atom stereocenters. The predicted molar refractivity (Wildman–Crippen MR) is 86.4 cm³/mol. The van der Waals surface area contributed by atoms with Crippen LogP contribution in [0.5, 0.6) is 5.75 Å². The maximum absolute atomic E-state index is 11.3. The summed E-state index contributed by atoms with van der Waals surface area (Å²) in [6.45, 7) is 0. The average Bonchev–Trinajstić information content (AvgIpc) is 2.60. The Kier molecular flexibility index (Phi) is 4.28. The Morgan fingerprint density at radius 1 is 1.12 bits per heavy atom. The Balaban J connectivity index is 2.07. The van der Waals surface area contributed by atoms with Crippen molar-refractivity contribution in [2.75, 3.05) is 0 Å². The maximum Gasteiger partial charge on any atom is 0.339 e. The molecule has 0 aliphatic carbocycles. The molecule has 0 saturated carbocycles. The SMILES string of the molecule is O=C(O)c1cc(N=Nc2ccc(S(=O)(=O)O)cn2)c2ncncc2c1O. The highest BCUT2D eigenvalue weighted by atomic mass is 32.2. The highest BCUT2D eigenvalue weighted by Crippen LogP contribution is 2.35. The third-order valence-electron chi connectivity index (χ3n) is 3.26. The molecule has 0 fully saturated rings. The van der Waals surface area contributed by atoms with E-state index < -0.39 is 32.3 Å². The number of pyridine rings is 1. The first-order valence-corrected chi connectivity index (χ1v) is 8.25. The topological polar surface area (TPSA) is 175 Å². The van der Waals surface area contributed by atoms with Crippen molar-refractivity contribution in [3.8, 4) is 5.75 Å². The van der Waals surface area contributed by atoms with Gasteiger partial charge in [-0.25, -0.2) is 19.7 Å². The normalized spacial score (nSPS) is 11.9. The van der Waals surface area contributed by atoms with E-state index in [-0.39, 0.29) is 22.4 Å². The van der Waals surface area contributed by atoms with Gasteiger partial charge in [0.15, 0.2) is 5.82 Å². The van der Waals surface area contributed by atoms with Crippen LogP contribution < -0.4 is 0 Å². The molecule has 0 bridgehead atoms. The van der Waals surface area contributed by atoms with Gasteiger partial charge >= 0.3 is 5.97 Å². The smallest absolute Gasteiger partial charge is 0.339 e. The molecule has 11 nitrogen and oxygen atoms in total. The fourth-order valence-corrected chi connectivity index (χ4v) is 2.48. The second-order valence-electron chi connectivity index (χ2n) is 4.91. The van der Waals surface area contributed by atoms with Crippen LogP contribution in [0.1, 0.15) is 10.4 Å². The van der Waals surface area contributed by atoms with Crippen molar-refractivity contribution >= 4 is 38.5 Å². The molecule has 2 aromatic heterocycles. The van der Waals surface area contributed by atoms with Gasteiger partial charge in [-0.3, -0.25) is 4.55 Å². The molecule has 132 valence electrons. The van der Waals surface area contributed by atoms with Crippen LogP contribution in [0, 0.1) is 0 Å². The Labute approximate surface area is 145 Å². The van der Waals surface area contributed by atoms with E-state index in [1.54, 1.807) is 0 Å². The van der Waals surface area contributed by atoms with Gasteiger partial charge in [0.2, 0.25) is 0 Å². The molecule has 12 heteroatoms. The van der Waals surface area contributed by atoms with E-state index in [1.165, 1.54) is 18.6 Å². The van der Waals surface area contributed by atoms with Crippen LogP contribution in [0.3, 0.4) is 0 Å². The number of carbonyl (C=O) groups is 1. The summed E-state index contributed by atoms with van der Waals surface area (Å²) in [5.74, 6) is -1.87. The van der Waals surface area contributed by atoms with Crippen LogP contribution in [0.2, 0.25) is 0 Å². The van der Waals surface area contributed by atoms with Crippen molar-refractivity contribution in [2.24, 2.45) is 10.2 Å². The molecule has 0 aliphatic rings. The van der Waals surface area contributed by atoms with Crippen molar-refractivity contribution in [1.82, 2.24) is 15.0 Å². The number of aromatic hydroxyl groups is 1. The van der Waals surface area contributed by atoms with E-state index >= 15 is 0 Å². The quantitative estimate of drug-likeness (QED) is 0.455. The second kappa shape index (κ2) is 6.42. The number of fused-ring (bicyclic) bond motifs is 1. The molecule has 26 heavy (non-hydrogen) atoms. The third kappa shape index (κ3) is 3.31. The first-order chi connectivity index (χ1) is 12.3. The molecule has 3 aromatic rings. The summed E-state index contributed by atoms with van der Waals surface area (Å²) >= 11 is 0. The van der Waals surface area contributed by atoms with Gasteiger partial charge in [0.25, 0.3) is 10.1 Å². The van der Waals surface area contributed by atoms with E-state index in [4.69, 9.17) is 4.55 Å². The molecule has 0 spiro atoms. The summed E-state index contributed by atoms with van der Waals surface area (Å²) in [7, 11) is -4.38. The van der Waals surface area contributed by atoms with E-state index in [0.29, 0.717) is 0 Å². The largest absolute Gasteiger partial charge is 0.506 e. The highest BCUT2D eigenvalue weighted by molar-refractivity contribution is 7.85. The minimum atomic E-state index is -4.38. The van der Waals surface area contributed by atoms with Crippen LogP contribution in [0.25, 0.3) is 10.9 Å². The van der Waals surface area contributed by atoms with Crippen molar-refractivity contribution in [3.05, 3.63) is 42.5 Å². The van der Waals surface area contributed by atoms with Gasteiger partial charge in [-0.2, -0.15) is 8.42 Å². The number of azo groups is 1. The fourth-order valence-electron chi connectivity index (χ4n) is 2.05. The Hall–Kier alpha value is -3.51. The number of hydrogen-bond acceptors (Lipinski definition) is 9. The van der Waals surface area contributed by atoms with E-state index in [1.807, 2.05) is 0 Å². The molecular weight excluding hydrogens is 366 g/mol. The van der Waals surface area contributed by atoms with Crippen LogP contribution in [-0.4, -0.2) is 44.1 Å². The van der Waals surface area contributed by atoms with Crippen molar-refractivity contribution in [2.45, 2.75) is 4.90 Å². The lowest BCUT2D eigenvalue weighted by Crippen LogP contribution is -1.98. The summed E-state index contributed by atoms with van der Waals surface area (Å²) in [5.41, 5.74) is -0.199. The standard InChI is InChI=1S/C14H9N5O6S/c20-13-8(14(21)22)3-10(12-9(13)5-15-6-17-12)18-19-11-2-1-7(4-16-11)26(23,24)25/h1-6,20H,(H,21,22)(H,23,24,25). The first-order valence-electron chi connectivity index (χ1n) is 6.81. The van der Waals surface area contributed by atoms with Crippen LogP contribution in [0.4, 0.5) is 11.5 Å². The highest BCUT2D eigenvalue weighted by Gasteiger charge is 2.17. The van der Waals surface area contributed by atoms with E-state index in [9.17, 15) is 23.4 Å². The van der Waals surface area contributed by atoms with Gasteiger partial charge in [0, 0.05) is 6.20 Å². The molecule has 0 atom stereocenters. The molecule has 0 radical (unpaired) electrons. The lowest BCUT2D eigenvalue weighted by atomic mass is 10.1. The van der Waals surface area contributed by atoms with Gasteiger partial charge in [-0.1, -0.05) is 0 Å². The number of aromatic nitrogens is 3. The molecule has 1 aromatic carbocycles. The Bertz CT molecular complexity index is 1140. The monoisotopic (exact) mass is 375 g/mol. The number of phenols is 1. The van der Waals surface area contributed by atoms with E-state index in [2.05, 4.69) is 25.2 Å². The first kappa shape index (κ1) is 17.3. The molecule has 0 amide bonds. The second-order valence-corrected chi connectivity index (χ2v) is 6.33. The Morgan fingerprint density at radius 2 is 1.88 bits per heavy atom. The molecule has 0 aliphatic heterocycles. The summed E-state index contributed by atoms with van der Waals surface area (Å²) in [4.78, 5) is 22.3. The maximum atomic E-state index is 11.3. The fraction of sp³-hybridized carbons (Fsp3) is 0. The molecule has 3 rings (SSSR count). The summed E-state index contributed by atoms with van der Waals surface area (Å²) < 4.78 is 30.8. The lowest BCUT2D eigenvalue weighted by Gasteiger charge is -2.06. The average molecular weight is 375 g/mol. The number of benzene rings is 1. The number of carboxylic acid groups (broad SMARTS) is 1. The number of nitrogens with zero attached hydrogens (tertiary/aromatic N) is 5. The van der Waals surface area contributed by atoms with Crippen LogP contribution >= 0.6 is 0 Å². The summed E-state index contributed by atoms with van der Waals surface area (Å²) in [6, 6.07) is 3.36. The van der Waals surface area contributed by atoms with Gasteiger partial charge in [0.1, 0.15) is 33.7 Å². The minimum Gasteiger partial charge on any atom is -0.506 e. The number of carboxylic acids is 1. The lowest BCUT2D eigenvalue weighted by molar-refractivity contribution is 0.0694. The zero-order chi connectivity index (χ0) is 18.9. The van der Waals surface area contributed by atoms with Gasteiger partial charge < -0.3 is 10.2 Å². The minimum absolute atomic E-state index is 0.00422. The molecule has 0 saturated heterocycles. The van der Waals surface area contributed by atoms with Crippen LogP contribution in [-0.2, 0) is 10.1 Å². The molecule has 3 N–H and O–H groups in total. The predicted octanol–water partition coefficient (Wildman–Crippen LogP) is 2.09. The van der Waals surface area contributed by atoms with Gasteiger partial charge in [-0.05, 0) is 18.2 Å². The van der Waals surface area contributed by atoms with Crippen molar-refractivity contribution in [1.29, 1.82) is 0 Å². The van der Waals surface area contributed by atoms with Crippen LogP contribution in [0.15, 0.2) is 52.0 Å². The zero-order valence-corrected chi connectivity index (χ0v) is 13.5. The Morgan fingerprint density at radius 3 is 2.50 bits per heavy atom. The van der Waals surface area contributed by atoms with Crippen molar-refractivity contribution in [3.63, 3.8) is 0 Å². The number of rotatable bonds is 4. The zero-order valence-electron chi connectivity index (χ0n) is 12.7. The summed E-state index contributed by atoms with van der Waals surface area (Å²) in [6.07, 6.45) is 3.33. The van der Waals surface area contributed by atoms with Gasteiger partial charge in [-0.15, -0.1) is 10.2 Å². The number of hydrogen-bond donors (Lipinski definition) is 3. The van der Waals surface area contributed by atoms with E-state index in [0.717, 1.165) is 18.3 Å². The third-order valence-corrected chi connectivity index (χ3v) is 4.09. The summed E-state index contributed by atoms with van der Waals surface area (Å²) in [5, 5.41) is 26.9. The molecular formula is C14H9N5O6S.